The number of amides is 1. The summed E-state index contributed by atoms with van der Waals surface area (Å²) in [7, 11) is 0. The van der Waals surface area contributed by atoms with E-state index < -0.39 is 30.1 Å². The number of carboxylic acid groups (broad SMARTS) is 2. The second-order valence-electron chi connectivity index (χ2n) is 17.1. The van der Waals surface area contributed by atoms with Crippen molar-refractivity contribution in [3.05, 3.63) is 71.8 Å². The van der Waals surface area contributed by atoms with Crippen molar-refractivity contribution in [1.82, 2.24) is 5.32 Å². The monoisotopic (exact) mass is 851 g/mol. The van der Waals surface area contributed by atoms with Gasteiger partial charge >= 0.3 is 17.9 Å². The lowest BCUT2D eigenvalue weighted by atomic mass is 10.0. The van der Waals surface area contributed by atoms with Crippen molar-refractivity contribution in [3.8, 4) is 0 Å². The maximum atomic E-state index is 13.0. The molecule has 2 rings (SSSR count). The molecular formula is C52H86N2O7. The Morgan fingerprint density at radius 1 is 0.525 bits per heavy atom. The van der Waals surface area contributed by atoms with E-state index in [9.17, 15) is 24.3 Å². The van der Waals surface area contributed by atoms with Crippen LogP contribution in [0.5, 0.6) is 0 Å². The standard InChI is InChI=1S/C43H75NO5.C9H11NO2/c1-3-5-7-9-11-13-15-17-19-21-23-25-30-34-39(37-41(45)44-40(43(47)48)36-38-32-28-27-29-33-38)49-42(46)35-31-26-24-22-20-18-16-14-12-10-8-6-4-2;10-8(9(11)12)6-7-4-2-1-3-5-7/h27-29,32-33,39-40H,3-26,30-31,34-37H2,1-2H3,(H,44,45)(H,47,48);1-5,8H,6,10H2,(H,11,12)/t39?,40-;8-/m00/s1. The van der Waals surface area contributed by atoms with E-state index in [1.165, 1.54) is 128 Å². The van der Waals surface area contributed by atoms with Gasteiger partial charge in [-0.05, 0) is 36.8 Å². The molecule has 346 valence electrons. The molecule has 61 heavy (non-hydrogen) atoms. The summed E-state index contributed by atoms with van der Waals surface area (Å²) in [5, 5.41) is 20.9. The smallest absolute Gasteiger partial charge is 0.326 e. The van der Waals surface area contributed by atoms with Gasteiger partial charge in [0.15, 0.2) is 0 Å². The van der Waals surface area contributed by atoms with Crippen LogP contribution in [-0.2, 0) is 36.8 Å². The first-order valence-electron chi connectivity index (χ1n) is 24.4. The zero-order valence-corrected chi connectivity index (χ0v) is 38.4. The van der Waals surface area contributed by atoms with E-state index in [1.54, 1.807) is 0 Å². The summed E-state index contributed by atoms with van der Waals surface area (Å²) in [4.78, 5) is 48.1. The van der Waals surface area contributed by atoms with E-state index in [0.29, 0.717) is 19.3 Å². The molecule has 1 amide bonds. The van der Waals surface area contributed by atoms with E-state index in [-0.39, 0.29) is 24.7 Å². The lowest BCUT2D eigenvalue weighted by molar-refractivity contribution is -0.151. The summed E-state index contributed by atoms with van der Waals surface area (Å²) in [5.74, 6) is -2.64. The molecule has 5 N–H and O–H groups in total. The fraction of sp³-hybridized carbons (Fsp3) is 0.692. The Morgan fingerprint density at radius 3 is 1.30 bits per heavy atom. The average Bonchev–Trinajstić information content (AvgIpc) is 3.24. The van der Waals surface area contributed by atoms with Crippen LogP contribution in [0.2, 0.25) is 0 Å². The van der Waals surface area contributed by atoms with E-state index in [2.05, 4.69) is 19.2 Å². The molecule has 1 unspecified atom stereocenters. The molecule has 0 saturated heterocycles. The quantitative estimate of drug-likeness (QED) is 0.0384. The maximum Gasteiger partial charge on any atom is 0.326 e. The molecule has 0 aromatic heterocycles. The highest BCUT2D eigenvalue weighted by Crippen LogP contribution is 2.18. The third-order valence-electron chi connectivity index (χ3n) is 11.4. The Morgan fingerprint density at radius 2 is 0.902 bits per heavy atom. The van der Waals surface area contributed by atoms with Gasteiger partial charge in [0.05, 0.1) is 6.42 Å². The van der Waals surface area contributed by atoms with Gasteiger partial charge in [0, 0.05) is 12.8 Å². The van der Waals surface area contributed by atoms with Crippen LogP contribution in [0.4, 0.5) is 0 Å². The fourth-order valence-corrected chi connectivity index (χ4v) is 7.59. The second kappa shape index (κ2) is 39.1. The molecule has 2 aromatic rings. The largest absolute Gasteiger partial charge is 0.480 e. The van der Waals surface area contributed by atoms with Crippen molar-refractivity contribution < 1.29 is 34.1 Å². The number of carbonyl (C=O) groups is 4. The minimum atomic E-state index is -1.07. The first-order chi connectivity index (χ1) is 29.7. The van der Waals surface area contributed by atoms with Crippen molar-refractivity contribution >= 4 is 23.8 Å². The molecule has 0 radical (unpaired) electrons. The van der Waals surface area contributed by atoms with Gasteiger partial charge in [0.2, 0.25) is 5.91 Å². The minimum absolute atomic E-state index is 0.00116. The lowest BCUT2D eigenvalue weighted by Gasteiger charge is -2.20. The summed E-state index contributed by atoms with van der Waals surface area (Å²) in [6.45, 7) is 4.52. The number of nitrogens with one attached hydrogen (secondary N) is 1. The Bertz CT molecular complexity index is 1360. The van der Waals surface area contributed by atoms with Gasteiger partial charge in [-0.15, -0.1) is 0 Å². The van der Waals surface area contributed by atoms with Crippen LogP contribution >= 0.6 is 0 Å². The van der Waals surface area contributed by atoms with Crippen LogP contribution in [0.25, 0.3) is 0 Å². The number of aliphatic carboxylic acids is 2. The number of esters is 1. The van der Waals surface area contributed by atoms with Crippen molar-refractivity contribution in [1.29, 1.82) is 0 Å². The fourth-order valence-electron chi connectivity index (χ4n) is 7.59. The second-order valence-corrected chi connectivity index (χ2v) is 17.1. The third-order valence-corrected chi connectivity index (χ3v) is 11.4. The number of carbonyl (C=O) groups excluding carboxylic acids is 2. The van der Waals surface area contributed by atoms with Gasteiger partial charge in [0.1, 0.15) is 18.2 Å². The van der Waals surface area contributed by atoms with Gasteiger partial charge in [-0.1, -0.05) is 229 Å². The maximum absolute atomic E-state index is 13.0. The van der Waals surface area contributed by atoms with Crippen molar-refractivity contribution in [3.63, 3.8) is 0 Å². The van der Waals surface area contributed by atoms with Crippen LogP contribution in [-0.4, -0.2) is 52.2 Å². The molecule has 3 atom stereocenters. The average molecular weight is 851 g/mol. The molecule has 9 heteroatoms. The van der Waals surface area contributed by atoms with Crippen molar-refractivity contribution in [2.45, 2.75) is 231 Å². The highest BCUT2D eigenvalue weighted by molar-refractivity contribution is 5.84. The number of benzene rings is 2. The van der Waals surface area contributed by atoms with Crippen LogP contribution < -0.4 is 11.1 Å². The summed E-state index contributed by atoms with van der Waals surface area (Å²) in [6, 6.07) is 16.8. The molecule has 2 aromatic carbocycles. The number of unbranched alkanes of at least 4 members (excludes halogenated alkanes) is 24. The Balaban J connectivity index is 0.00000132. The molecule has 0 bridgehead atoms. The summed E-state index contributed by atoms with van der Waals surface area (Å²) in [5.41, 5.74) is 7.15. The molecular weight excluding hydrogens is 765 g/mol. The highest BCUT2D eigenvalue weighted by Gasteiger charge is 2.24. The van der Waals surface area contributed by atoms with Crippen molar-refractivity contribution in [2.75, 3.05) is 0 Å². The molecule has 0 saturated carbocycles. The molecule has 0 spiro atoms. The number of nitrogens with two attached hydrogens (primary N) is 1. The molecule has 0 aliphatic heterocycles. The molecule has 9 nitrogen and oxygen atoms in total. The van der Waals surface area contributed by atoms with Crippen molar-refractivity contribution in [2.24, 2.45) is 5.73 Å². The van der Waals surface area contributed by atoms with Gasteiger partial charge in [0.25, 0.3) is 0 Å². The number of hydrogen-bond donors (Lipinski definition) is 4. The summed E-state index contributed by atoms with van der Waals surface area (Å²) >= 11 is 0. The van der Waals surface area contributed by atoms with E-state index in [4.69, 9.17) is 15.6 Å². The van der Waals surface area contributed by atoms with E-state index >= 15 is 0 Å². The van der Waals surface area contributed by atoms with Crippen LogP contribution in [0.15, 0.2) is 60.7 Å². The number of rotatable bonds is 38. The number of hydrogen-bond acceptors (Lipinski definition) is 6. The number of ether oxygens (including phenoxy) is 1. The topological polar surface area (TPSA) is 156 Å². The van der Waals surface area contributed by atoms with Gasteiger partial charge in [-0.2, -0.15) is 0 Å². The van der Waals surface area contributed by atoms with Crippen LogP contribution in [0.3, 0.4) is 0 Å². The molecule has 0 fully saturated rings. The first-order valence-corrected chi connectivity index (χ1v) is 24.4. The molecule has 0 heterocycles. The Kier molecular flexibility index (Phi) is 35.5. The first kappa shape index (κ1) is 55.3. The Hall–Kier alpha value is -3.72. The van der Waals surface area contributed by atoms with E-state index in [1.807, 2.05) is 60.7 Å². The number of carboxylic acids is 2. The summed E-state index contributed by atoms with van der Waals surface area (Å²) < 4.78 is 5.85. The zero-order chi connectivity index (χ0) is 44.6. The van der Waals surface area contributed by atoms with Gasteiger partial charge in [-0.25, -0.2) is 4.79 Å². The molecule has 0 aliphatic carbocycles. The molecule has 0 aliphatic rings. The van der Waals surface area contributed by atoms with Crippen LogP contribution in [0.1, 0.15) is 211 Å². The lowest BCUT2D eigenvalue weighted by Crippen LogP contribution is -2.43. The summed E-state index contributed by atoms with van der Waals surface area (Å²) in [6.07, 6.45) is 33.8. The Labute approximate surface area is 370 Å². The predicted octanol–water partition coefficient (Wildman–Crippen LogP) is 12.7. The van der Waals surface area contributed by atoms with Gasteiger partial charge in [-0.3, -0.25) is 14.4 Å². The third kappa shape index (κ3) is 33.6. The van der Waals surface area contributed by atoms with Gasteiger partial charge < -0.3 is 26.0 Å². The SMILES string of the molecule is CCCCCCCCCCCCCCCC(=O)OC(CCCCCCCCCCCCCCC)CC(=O)N[C@@H](Cc1ccccc1)C(=O)O.N[C@@H](Cc1ccccc1)C(=O)O. The highest BCUT2D eigenvalue weighted by atomic mass is 16.5. The normalized spacial score (nSPS) is 12.4. The predicted molar refractivity (Wildman–Crippen MR) is 251 cm³/mol. The van der Waals surface area contributed by atoms with E-state index in [0.717, 1.165) is 49.7 Å². The zero-order valence-electron chi connectivity index (χ0n) is 38.4. The minimum Gasteiger partial charge on any atom is -0.480 e. The van der Waals surface area contributed by atoms with Crippen LogP contribution in [0, 0.1) is 0 Å².